The van der Waals surface area contributed by atoms with E-state index in [0.29, 0.717) is 26.3 Å². The number of carbonyl (C=O) groups excluding carboxylic acids is 2. The Bertz CT molecular complexity index is 414. The molecule has 0 unspecified atom stereocenters. The van der Waals surface area contributed by atoms with Crippen LogP contribution < -0.4 is 0 Å². The molecule has 0 N–H and O–H groups in total. The molecule has 0 spiro atoms. The Hall–Kier alpha value is -1.30. The second-order valence-corrected chi connectivity index (χ2v) is 7.39. The van der Waals surface area contributed by atoms with Gasteiger partial charge in [0.15, 0.2) is 0 Å². The minimum Gasteiger partial charge on any atom is -0.444 e. The molecule has 2 saturated heterocycles. The van der Waals surface area contributed by atoms with Gasteiger partial charge in [0.1, 0.15) is 5.60 Å². The quantitative estimate of drug-likeness (QED) is 0.742. The van der Waals surface area contributed by atoms with Crippen LogP contribution >= 0.6 is 0 Å². The molecule has 6 heteroatoms. The third-order valence-electron chi connectivity index (χ3n) is 4.10. The minimum atomic E-state index is -0.502. The molecule has 2 fully saturated rings. The Morgan fingerprint density at radius 2 is 1.73 bits per heavy atom. The Kier molecular flexibility index (Phi) is 5.00. The lowest BCUT2D eigenvalue weighted by Crippen LogP contribution is -2.61. The van der Waals surface area contributed by atoms with Crippen molar-refractivity contribution < 1.29 is 19.1 Å². The average Bonchev–Trinajstić information content (AvgIpc) is 2.89. The van der Waals surface area contributed by atoms with Gasteiger partial charge in [-0.15, -0.1) is 0 Å². The molecular weight excluding hydrogens is 284 g/mol. The zero-order chi connectivity index (χ0) is 16.5. The summed E-state index contributed by atoms with van der Waals surface area (Å²) < 4.78 is 10.8. The molecule has 2 aliphatic heterocycles. The van der Waals surface area contributed by atoms with E-state index in [1.165, 1.54) is 0 Å². The number of carbonyl (C=O) groups is 2. The molecule has 2 amide bonds. The second kappa shape index (κ2) is 6.44. The summed E-state index contributed by atoms with van der Waals surface area (Å²) >= 11 is 0. The van der Waals surface area contributed by atoms with E-state index in [0.717, 1.165) is 6.42 Å². The van der Waals surface area contributed by atoms with E-state index in [9.17, 15) is 9.59 Å². The highest BCUT2D eigenvalue weighted by atomic mass is 16.6. The summed E-state index contributed by atoms with van der Waals surface area (Å²) in [6.07, 6.45) is 0.493. The third-order valence-corrected chi connectivity index (χ3v) is 4.10. The van der Waals surface area contributed by atoms with E-state index in [2.05, 4.69) is 0 Å². The standard InChI is InChI=1S/C16H28N2O4/c1-11-8-17(15(20)22-16(3,4)5)9-12(2)18(11)14(19)13-6-7-21-10-13/h11-13H,6-10H2,1-5H3/t11-,12-,13-/m1/s1. The molecule has 0 bridgehead atoms. The van der Waals surface area contributed by atoms with Gasteiger partial charge < -0.3 is 19.3 Å². The van der Waals surface area contributed by atoms with Gasteiger partial charge in [0.05, 0.1) is 12.5 Å². The molecule has 0 radical (unpaired) electrons. The smallest absolute Gasteiger partial charge is 0.410 e. The van der Waals surface area contributed by atoms with Crippen LogP contribution in [0.25, 0.3) is 0 Å². The minimum absolute atomic E-state index is 0.00984. The molecule has 3 atom stereocenters. The summed E-state index contributed by atoms with van der Waals surface area (Å²) in [5, 5.41) is 0. The van der Waals surface area contributed by atoms with Crippen molar-refractivity contribution in [3.8, 4) is 0 Å². The normalized spacial score (nSPS) is 29.6. The molecule has 126 valence electrons. The molecule has 22 heavy (non-hydrogen) atoms. The van der Waals surface area contributed by atoms with E-state index in [4.69, 9.17) is 9.47 Å². The number of ether oxygens (including phenoxy) is 2. The lowest BCUT2D eigenvalue weighted by molar-refractivity contribution is -0.143. The van der Waals surface area contributed by atoms with Gasteiger partial charge in [-0.25, -0.2) is 4.79 Å². The number of piperazine rings is 1. The van der Waals surface area contributed by atoms with Crippen LogP contribution in [0.4, 0.5) is 4.79 Å². The maximum atomic E-state index is 12.6. The lowest BCUT2D eigenvalue weighted by Gasteiger charge is -2.45. The summed E-state index contributed by atoms with van der Waals surface area (Å²) in [5.41, 5.74) is -0.502. The van der Waals surface area contributed by atoms with Gasteiger partial charge in [-0.2, -0.15) is 0 Å². The third kappa shape index (κ3) is 3.91. The summed E-state index contributed by atoms with van der Waals surface area (Å²) in [4.78, 5) is 28.5. The van der Waals surface area contributed by atoms with E-state index in [-0.39, 0.29) is 30.0 Å². The van der Waals surface area contributed by atoms with Crippen LogP contribution in [-0.4, -0.2) is 65.8 Å². The fraction of sp³-hybridized carbons (Fsp3) is 0.875. The van der Waals surface area contributed by atoms with Crippen molar-refractivity contribution in [1.29, 1.82) is 0 Å². The Morgan fingerprint density at radius 3 is 2.18 bits per heavy atom. The second-order valence-electron chi connectivity index (χ2n) is 7.39. The average molecular weight is 312 g/mol. The van der Waals surface area contributed by atoms with Crippen molar-refractivity contribution >= 4 is 12.0 Å². The van der Waals surface area contributed by atoms with Gasteiger partial charge in [0.2, 0.25) is 5.91 Å². The molecule has 2 heterocycles. The van der Waals surface area contributed by atoms with Crippen LogP contribution in [0.15, 0.2) is 0 Å². The Morgan fingerprint density at radius 1 is 1.14 bits per heavy atom. The first-order valence-corrected chi connectivity index (χ1v) is 8.07. The predicted octanol–water partition coefficient (Wildman–Crippen LogP) is 1.88. The van der Waals surface area contributed by atoms with Gasteiger partial charge in [-0.1, -0.05) is 0 Å². The largest absolute Gasteiger partial charge is 0.444 e. The van der Waals surface area contributed by atoms with E-state index in [1.807, 2.05) is 39.5 Å². The summed E-state index contributed by atoms with van der Waals surface area (Å²) in [6.45, 7) is 11.8. The van der Waals surface area contributed by atoms with E-state index >= 15 is 0 Å². The van der Waals surface area contributed by atoms with E-state index < -0.39 is 5.60 Å². The van der Waals surface area contributed by atoms with Crippen molar-refractivity contribution in [2.45, 2.75) is 58.7 Å². The van der Waals surface area contributed by atoms with Gasteiger partial charge in [0.25, 0.3) is 0 Å². The molecule has 2 aliphatic rings. The van der Waals surface area contributed by atoms with Crippen molar-refractivity contribution in [2.75, 3.05) is 26.3 Å². The van der Waals surface area contributed by atoms with Crippen LogP contribution in [0.5, 0.6) is 0 Å². The zero-order valence-corrected chi connectivity index (χ0v) is 14.3. The highest BCUT2D eigenvalue weighted by molar-refractivity contribution is 5.80. The monoisotopic (exact) mass is 312 g/mol. The van der Waals surface area contributed by atoms with Gasteiger partial charge in [-0.3, -0.25) is 4.79 Å². The first-order valence-electron chi connectivity index (χ1n) is 8.07. The Balaban J connectivity index is 1.99. The fourth-order valence-corrected chi connectivity index (χ4v) is 3.17. The van der Waals surface area contributed by atoms with Crippen molar-refractivity contribution in [2.24, 2.45) is 5.92 Å². The summed E-state index contributed by atoms with van der Waals surface area (Å²) in [5.74, 6) is 0.124. The van der Waals surface area contributed by atoms with Crippen LogP contribution in [0.3, 0.4) is 0 Å². The number of hydrogen-bond acceptors (Lipinski definition) is 4. The van der Waals surface area contributed by atoms with Crippen LogP contribution in [0, 0.1) is 5.92 Å². The zero-order valence-electron chi connectivity index (χ0n) is 14.3. The summed E-state index contributed by atoms with van der Waals surface area (Å²) in [7, 11) is 0. The molecule has 0 aromatic rings. The lowest BCUT2D eigenvalue weighted by atomic mass is 10.0. The maximum absolute atomic E-state index is 12.6. The fourth-order valence-electron chi connectivity index (χ4n) is 3.17. The SMILES string of the molecule is C[C@@H]1CN(C(=O)OC(C)(C)C)C[C@@H](C)N1C(=O)[C@@H]1CCOC1. The highest BCUT2D eigenvalue weighted by Crippen LogP contribution is 2.23. The van der Waals surface area contributed by atoms with E-state index in [1.54, 1.807) is 4.90 Å². The maximum Gasteiger partial charge on any atom is 0.410 e. The molecular formula is C16H28N2O4. The summed E-state index contributed by atoms with van der Waals surface area (Å²) in [6, 6.07) is -0.0197. The van der Waals surface area contributed by atoms with Crippen LogP contribution in [-0.2, 0) is 14.3 Å². The molecule has 2 rings (SSSR count). The topological polar surface area (TPSA) is 59.1 Å². The van der Waals surface area contributed by atoms with Gasteiger partial charge in [-0.05, 0) is 41.0 Å². The van der Waals surface area contributed by atoms with Crippen molar-refractivity contribution in [3.63, 3.8) is 0 Å². The molecule has 0 aromatic heterocycles. The first kappa shape index (κ1) is 17.1. The predicted molar refractivity (Wildman–Crippen MR) is 82.5 cm³/mol. The number of nitrogens with zero attached hydrogens (tertiary/aromatic N) is 2. The molecule has 0 aromatic carbocycles. The van der Waals surface area contributed by atoms with Crippen molar-refractivity contribution in [3.05, 3.63) is 0 Å². The first-order chi connectivity index (χ1) is 10.2. The van der Waals surface area contributed by atoms with Gasteiger partial charge >= 0.3 is 6.09 Å². The number of rotatable bonds is 1. The molecule has 0 aliphatic carbocycles. The number of hydrogen-bond donors (Lipinski definition) is 0. The number of amides is 2. The highest BCUT2D eigenvalue weighted by Gasteiger charge is 2.39. The Labute approximate surface area is 132 Å². The van der Waals surface area contributed by atoms with Crippen molar-refractivity contribution in [1.82, 2.24) is 9.80 Å². The molecule has 6 nitrogen and oxygen atoms in total. The van der Waals surface area contributed by atoms with Crippen LogP contribution in [0.1, 0.15) is 41.0 Å². The molecule has 0 saturated carbocycles. The van der Waals surface area contributed by atoms with Crippen LogP contribution in [0.2, 0.25) is 0 Å². The van der Waals surface area contributed by atoms with Gasteiger partial charge in [0, 0.05) is 31.8 Å².